The van der Waals surface area contributed by atoms with E-state index in [1.165, 1.54) is 37.4 Å². The molecule has 0 unspecified atom stereocenters. The van der Waals surface area contributed by atoms with E-state index in [2.05, 4.69) is 14.8 Å². The van der Waals surface area contributed by atoms with Crippen molar-refractivity contribution in [1.29, 1.82) is 0 Å². The summed E-state index contributed by atoms with van der Waals surface area (Å²) in [6, 6.07) is 8.57. The third-order valence-electron chi connectivity index (χ3n) is 3.36. The van der Waals surface area contributed by atoms with Crippen molar-refractivity contribution in [2.45, 2.75) is 6.36 Å². The van der Waals surface area contributed by atoms with Gasteiger partial charge in [0.2, 0.25) is 5.76 Å². The number of methoxy groups -OCH3 is 2. The van der Waals surface area contributed by atoms with Gasteiger partial charge in [0.1, 0.15) is 17.8 Å². The number of rotatable bonds is 7. The maximum Gasteiger partial charge on any atom is 0.573 e. The maximum absolute atomic E-state index is 12.7. The van der Waals surface area contributed by atoms with Gasteiger partial charge in [-0.15, -0.1) is 13.2 Å². The second-order valence-corrected chi connectivity index (χ2v) is 5.91. The normalized spacial score (nSPS) is 11.5. The predicted octanol–water partition coefficient (Wildman–Crippen LogP) is 4.53. The Bertz CT molecular complexity index is 944. The van der Waals surface area contributed by atoms with E-state index in [4.69, 9.17) is 21.1 Å². The monoisotopic (exact) mass is 445 g/mol. The van der Waals surface area contributed by atoms with Crippen LogP contribution in [-0.2, 0) is 14.3 Å². The first-order valence-electron chi connectivity index (χ1n) is 8.09. The zero-order valence-electron chi connectivity index (χ0n) is 15.6. The Hall–Kier alpha value is -3.40. The Kier molecular flexibility index (Phi) is 7.54. The molecule has 0 spiro atoms. The summed E-state index contributed by atoms with van der Waals surface area (Å²) in [6.45, 7) is 0. The highest BCUT2D eigenvalue weighted by molar-refractivity contribution is 6.31. The number of nitrogens with one attached hydrogen (secondary N) is 1. The largest absolute Gasteiger partial charge is 0.573 e. The molecule has 0 aromatic heterocycles. The molecule has 0 saturated carbocycles. The van der Waals surface area contributed by atoms with E-state index in [-0.39, 0.29) is 27.8 Å². The van der Waals surface area contributed by atoms with Crippen LogP contribution >= 0.6 is 11.6 Å². The SMILES string of the molecule is COC=C(Oc1ccc(Cl)cc1C(=O)Nc1ccc(OC(F)(F)F)cc1)C(=O)OC. The van der Waals surface area contributed by atoms with E-state index in [0.717, 1.165) is 25.5 Å². The molecule has 7 nitrogen and oxygen atoms in total. The van der Waals surface area contributed by atoms with Crippen LogP contribution in [0.15, 0.2) is 54.5 Å². The molecule has 2 aromatic carbocycles. The summed E-state index contributed by atoms with van der Waals surface area (Å²) in [6.07, 6.45) is -3.84. The van der Waals surface area contributed by atoms with Gasteiger partial charge in [-0.3, -0.25) is 4.79 Å². The summed E-state index contributed by atoms with van der Waals surface area (Å²) in [5.74, 6) is -2.36. The summed E-state index contributed by atoms with van der Waals surface area (Å²) < 4.78 is 55.2. The van der Waals surface area contributed by atoms with Crippen LogP contribution in [0.25, 0.3) is 0 Å². The van der Waals surface area contributed by atoms with Crippen LogP contribution in [0.2, 0.25) is 5.02 Å². The summed E-state index contributed by atoms with van der Waals surface area (Å²) in [5.41, 5.74) is 0.130. The van der Waals surface area contributed by atoms with Crippen LogP contribution in [0.5, 0.6) is 11.5 Å². The first-order chi connectivity index (χ1) is 14.1. The number of hydrogen-bond acceptors (Lipinski definition) is 6. The van der Waals surface area contributed by atoms with Gasteiger partial charge >= 0.3 is 12.3 Å². The zero-order chi connectivity index (χ0) is 22.3. The lowest BCUT2D eigenvalue weighted by Gasteiger charge is -2.13. The van der Waals surface area contributed by atoms with E-state index >= 15 is 0 Å². The average Bonchev–Trinajstić information content (AvgIpc) is 2.68. The van der Waals surface area contributed by atoms with E-state index in [1.54, 1.807) is 0 Å². The molecular formula is C19H15ClF3NO6. The zero-order valence-corrected chi connectivity index (χ0v) is 16.3. The predicted molar refractivity (Wildman–Crippen MR) is 100 cm³/mol. The Morgan fingerprint density at radius 2 is 1.73 bits per heavy atom. The molecule has 1 N–H and O–H groups in total. The number of esters is 1. The minimum atomic E-state index is -4.83. The van der Waals surface area contributed by atoms with Gasteiger partial charge < -0.3 is 24.3 Å². The third kappa shape index (κ3) is 6.59. The van der Waals surface area contributed by atoms with E-state index < -0.39 is 24.0 Å². The lowest BCUT2D eigenvalue weighted by Crippen LogP contribution is -2.17. The van der Waals surface area contributed by atoms with Crippen LogP contribution in [0.4, 0.5) is 18.9 Å². The highest BCUT2D eigenvalue weighted by Gasteiger charge is 2.31. The molecule has 2 rings (SSSR count). The van der Waals surface area contributed by atoms with Gasteiger partial charge in [-0.2, -0.15) is 0 Å². The first-order valence-corrected chi connectivity index (χ1v) is 8.46. The number of alkyl halides is 3. The molecule has 0 saturated heterocycles. The number of amides is 1. The number of benzene rings is 2. The minimum absolute atomic E-state index is 0.0392. The number of carbonyl (C=O) groups is 2. The van der Waals surface area contributed by atoms with Gasteiger partial charge in [0.25, 0.3) is 5.91 Å². The van der Waals surface area contributed by atoms with Crippen molar-refractivity contribution in [2.75, 3.05) is 19.5 Å². The average molecular weight is 446 g/mol. The van der Waals surface area contributed by atoms with Gasteiger partial charge in [0.05, 0.1) is 19.8 Å². The molecule has 0 bridgehead atoms. The molecule has 0 heterocycles. The molecule has 0 aliphatic carbocycles. The molecule has 11 heteroatoms. The van der Waals surface area contributed by atoms with Crippen molar-refractivity contribution in [2.24, 2.45) is 0 Å². The fourth-order valence-electron chi connectivity index (χ4n) is 2.15. The minimum Gasteiger partial charge on any atom is -0.500 e. The highest BCUT2D eigenvalue weighted by atomic mass is 35.5. The molecule has 0 fully saturated rings. The van der Waals surface area contributed by atoms with E-state index in [0.29, 0.717) is 0 Å². The summed E-state index contributed by atoms with van der Waals surface area (Å²) in [7, 11) is 2.42. The summed E-state index contributed by atoms with van der Waals surface area (Å²) >= 11 is 5.94. The van der Waals surface area contributed by atoms with Crippen LogP contribution < -0.4 is 14.8 Å². The number of ether oxygens (including phenoxy) is 4. The summed E-state index contributed by atoms with van der Waals surface area (Å²) in [5, 5.41) is 2.69. The first kappa shape index (κ1) is 22.9. The summed E-state index contributed by atoms with van der Waals surface area (Å²) in [4.78, 5) is 24.4. The van der Waals surface area contributed by atoms with Crippen molar-refractivity contribution in [3.05, 3.63) is 65.1 Å². The molecule has 160 valence electrons. The molecule has 0 radical (unpaired) electrons. The van der Waals surface area contributed by atoms with E-state index in [9.17, 15) is 22.8 Å². The quantitative estimate of drug-likeness (QED) is 0.383. The Balaban J connectivity index is 2.24. The molecular weight excluding hydrogens is 431 g/mol. The second kappa shape index (κ2) is 9.88. The molecule has 30 heavy (non-hydrogen) atoms. The Morgan fingerprint density at radius 3 is 2.30 bits per heavy atom. The van der Waals surface area contributed by atoms with Crippen molar-refractivity contribution in [1.82, 2.24) is 0 Å². The Labute approximate surface area is 173 Å². The topological polar surface area (TPSA) is 83.1 Å². The van der Waals surface area contributed by atoms with Crippen molar-refractivity contribution in [3.8, 4) is 11.5 Å². The number of anilines is 1. The standard InChI is InChI=1S/C19H15ClF3NO6/c1-27-10-16(18(26)28-2)29-15-8-3-11(20)9-14(15)17(25)24-12-4-6-13(7-5-12)30-19(21,22)23/h3-10H,1-2H3,(H,24,25). The van der Waals surface area contributed by atoms with Gasteiger partial charge in [-0.1, -0.05) is 11.6 Å². The number of carbonyl (C=O) groups excluding carboxylic acids is 2. The maximum atomic E-state index is 12.7. The third-order valence-corrected chi connectivity index (χ3v) is 3.60. The molecule has 0 aliphatic rings. The van der Waals surface area contributed by atoms with Crippen molar-refractivity contribution >= 4 is 29.2 Å². The molecule has 0 atom stereocenters. The second-order valence-electron chi connectivity index (χ2n) is 5.48. The number of halogens is 4. The van der Waals surface area contributed by atoms with Crippen LogP contribution in [0.1, 0.15) is 10.4 Å². The lowest BCUT2D eigenvalue weighted by atomic mass is 10.1. The molecule has 1 amide bonds. The number of hydrogen-bond donors (Lipinski definition) is 1. The van der Waals surface area contributed by atoms with E-state index in [1.807, 2.05) is 0 Å². The van der Waals surface area contributed by atoms with Crippen molar-refractivity contribution in [3.63, 3.8) is 0 Å². The van der Waals surface area contributed by atoms with Crippen molar-refractivity contribution < 1.29 is 41.7 Å². The van der Waals surface area contributed by atoms with Gasteiger partial charge in [-0.05, 0) is 42.5 Å². The Morgan fingerprint density at radius 1 is 1.07 bits per heavy atom. The van der Waals surface area contributed by atoms with Gasteiger partial charge in [0, 0.05) is 10.7 Å². The molecule has 0 aliphatic heterocycles. The lowest BCUT2D eigenvalue weighted by molar-refractivity contribution is -0.274. The van der Waals surface area contributed by atoms with Gasteiger partial charge in [0.15, 0.2) is 0 Å². The van der Waals surface area contributed by atoms with Crippen LogP contribution in [0, 0.1) is 0 Å². The fraction of sp³-hybridized carbons (Fsp3) is 0.158. The fourth-order valence-corrected chi connectivity index (χ4v) is 2.32. The van der Waals surface area contributed by atoms with Crippen LogP contribution in [0.3, 0.4) is 0 Å². The van der Waals surface area contributed by atoms with Gasteiger partial charge in [-0.25, -0.2) is 4.79 Å². The molecule has 2 aromatic rings. The highest BCUT2D eigenvalue weighted by Crippen LogP contribution is 2.27. The smallest absolute Gasteiger partial charge is 0.500 e. The van der Waals surface area contributed by atoms with Crippen LogP contribution in [-0.4, -0.2) is 32.5 Å².